The van der Waals surface area contributed by atoms with Crippen molar-refractivity contribution in [2.45, 2.75) is 57.1 Å². The van der Waals surface area contributed by atoms with E-state index in [0.717, 1.165) is 24.9 Å². The van der Waals surface area contributed by atoms with E-state index in [2.05, 4.69) is 17.6 Å². The Kier molecular flexibility index (Phi) is 6.59. The van der Waals surface area contributed by atoms with Crippen molar-refractivity contribution >= 4 is 15.9 Å². The van der Waals surface area contributed by atoms with E-state index in [1.807, 2.05) is 13.8 Å². The monoisotopic (exact) mass is 367 g/mol. The van der Waals surface area contributed by atoms with Crippen LogP contribution in [-0.2, 0) is 21.4 Å². The van der Waals surface area contributed by atoms with Gasteiger partial charge >= 0.3 is 0 Å². The molecule has 1 aliphatic heterocycles. The van der Waals surface area contributed by atoms with Gasteiger partial charge in [-0.15, -0.1) is 0 Å². The Bertz CT molecular complexity index is 686. The summed E-state index contributed by atoms with van der Waals surface area (Å²) in [6, 6.07) is 6.98. The Morgan fingerprint density at radius 2 is 1.96 bits per heavy atom. The normalized spacial score (nSPS) is 21.5. The number of nitrogens with zero attached hydrogens (tertiary/aromatic N) is 1. The fourth-order valence-corrected chi connectivity index (χ4v) is 4.29. The molecule has 0 unspecified atom stereocenters. The van der Waals surface area contributed by atoms with Crippen LogP contribution in [-0.4, -0.2) is 44.3 Å². The lowest BCUT2D eigenvalue weighted by Gasteiger charge is -2.27. The third-order valence-corrected chi connectivity index (χ3v) is 6.84. The van der Waals surface area contributed by atoms with Crippen LogP contribution >= 0.6 is 0 Å². The summed E-state index contributed by atoms with van der Waals surface area (Å²) in [6.07, 6.45) is 1.71. The first-order valence-electron chi connectivity index (χ1n) is 8.80. The Balaban J connectivity index is 1.95. The molecule has 7 heteroatoms. The van der Waals surface area contributed by atoms with E-state index in [9.17, 15) is 13.2 Å². The summed E-state index contributed by atoms with van der Waals surface area (Å²) in [5.41, 5.74) is 0.890. The van der Waals surface area contributed by atoms with E-state index in [1.54, 1.807) is 31.3 Å². The van der Waals surface area contributed by atoms with Crippen LogP contribution in [0.15, 0.2) is 29.2 Å². The predicted octanol–water partition coefficient (Wildman–Crippen LogP) is 1.72. The Morgan fingerprint density at radius 1 is 1.32 bits per heavy atom. The van der Waals surface area contributed by atoms with Crippen LogP contribution in [0.1, 0.15) is 39.2 Å². The van der Waals surface area contributed by atoms with E-state index in [-0.39, 0.29) is 22.8 Å². The molecule has 1 aromatic rings. The van der Waals surface area contributed by atoms with Gasteiger partial charge in [0.15, 0.2) is 0 Å². The smallest absolute Gasteiger partial charge is 0.243 e. The molecule has 1 aromatic carbocycles. The summed E-state index contributed by atoms with van der Waals surface area (Å²) in [6.45, 7) is 7.05. The number of benzene rings is 1. The van der Waals surface area contributed by atoms with Crippen LogP contribution in [0.4, 0.5) is 0 Å². The fourth-order valence-electron chi connectivity index (χ4n) is 2.93. The molecule has 1 amide bonds. The molecule has 2 N–H and O–H groups in total. The summed E-state index contributed by atoms with van der Waals surface area (Å²) in [5.74, 6) is 0.125. The molecular weight excluding hydrogens is 338 g/mol. The van der Waals surface area contributed by atoms with Crippen molar-refractivity contribution < 1.29 is 13.2 Å². The molecule has 0 radical (unpaired) electrons. The molecule has 25 heavy (non-hydrogen) atoms. The van der Waals surface area contributed by atoms with Crippen molar-refractivity contribution in [3.63, 3.8) is 0 Å². The molecule has 2 rings (SSSR count). The number of carbonyl (C=O) groups excluding carboxylic acids is 1. The van der Waals surface area contributed by atoms with Crippen LogP contribution in [0, 0.1) is 5.92 Å². The Labute approximate surface area is 151 Å². The van der Waals surface area contributed by atoms with Gasteiger partial charge in [-0.3, -0.25) is 4.79 Å². The van der Waals surface area contributed by atoms with Crippen LogP contribution < -0.4 is 10.6 Å². The van der Waals surface area contributed by atoms with Gasteiger partial charge in [0.1, 0.15) is 0 Å². The first-order valence-corrected chi connectivity index (χ1v) is 10.2. The predicted molar refractivity (Wildman–Crippen MR) is 98.6 cm³/mol. The molecule has 1 aliphatic rings. The average molecular weight is 368 g/mol. The van der Waals surface area contributed by atoms with Gasteiger partial charge in [-0.25, -0.2) is 8.42 Å². The van der Waals surface area contributed by atoms with Gasteiger partial charge in [0, 0.05) is 31.6 Å². The van der Waals surface area contributed by atoms with E-state index in [0.29, 0.717) is 12.6 Å². The third kappa shape index (κ3) is 5.03. The fraction of sp³-hybridized carbons (Fsp3) is 0.611. The number of hydrogen-bond acceptors (Lipinski definition) is 4. The summed E-state index contributed by atoms with van der Waals surface area (Å²) in [5, 5.41) is 6.30. The number of nitrogens with one attached hydrogen (secondary N) is 2. The maximum atomic E-state index is 12.4. The largest absolute Gasteiger partial charge is 0.352 e. The zero-order valence-electron chi connectivity index (χ0n) is 15.5. The highest BCUT2D eigenvalue weighted by Gasteiger charge is 2.25. The van der Waals surface area contributed by atoms with Gasteiger partial charge in [-0.1, -0.05) is 12.1 Å². The first-order chi connectivity index (χ1) is 11.7. The molecule has 1 heterocycles. The maximum absolute atomic E-state index is 12.4. The van der Waals surface area contributed by atoms with Crippen LogP contribution in [0.5, 0.6) is 0 Å². The van der Waals surface area contributed by atoms with E-state index in [4.69, 9.17) is 0 Å². The van der Waals surface area contributed by atoms with Crippen molar-refractivity contribution in [2.24, 2.45) is 5.92 Å². The molecule has 0 spiro atoms. The van der Waals surface area contributed by atoms with Crippen molar-refractivity contribution in [3.05, 3.63) is 29.8 Å². The minimum atomic E-state index is -3.47. The zero-order chi connectivity index (χ0) is 18.6. The highest BCUT2D eigenvalue weighted by molar-refractivity contribution is 7.89. The quantitative estimate of drug-likeness (QED) is 0.802. The molecular formula is C18H29N3O3S. The van der Waals surface area contributed by atoms with Gasteiger partial charge in [0.05, 0.1) is 4.90 Å². The highest BCUT2D eigenvalue weighted by Crippen LogP contribution is 2.18. The van der Waals surface area contributed by atoms with Crippen molar-refractivity contribution in [3.8, 4) is 0 Å². The molecule has 0 saturated carbocycles. The zero-order valence-corrected chi connectivity index (χ0v) is 16.3. The lowest BCUT2D eigenvalue weighted by atomic mass is 9.92. The van der Waals surface area contributed by atoms with Crippen molar-refractivity contribution in [1.29, 1.82) is 0 Å². The number of rotatable bonds is 6. The summed E-state index contributed by atoms with van der Waals surface area (Å²) in [4.78, 5) is 12.5. The van der Waals surface area contributed by atoms with Crippen LogP contribution in [0.2, 0.25) is 0 Å². The Hall–Kier alpha value is -1.44. The van der Waals surface area contributed by atoms with Crippen LogP contribution in [0.3, 0.4) is 0 Å². The van der Waals surface area contributed by atoms with Crippen LogP contribution in [0.25, 0.3) is 0 Å². The van der Waals surface area contributed by atoms with Gasteiger partial charge in [0.25, 0.3) is 0 Å². The van der Waals surface area contributed by atoms with E-state index in [1.165, 1.54) is 4.31 Å². The second kappa shape index (κ2) is 8.29. The molecule has 0 aromatic heterocycles. The molecule has 0 aliphatic carbocycles. The number of sulfonamides is 1. The molecule has 6 nitrogen and oxygen atoms in total. The second-order valence-corrected chi connectivity index (χ2v) is 9.05. The van der Waals surface area contributed by atoms with E-state index < -0.39 is 10.0 Å². The maximum Gasteiger partial charge on any atom is 0.243 e. The Morgan fingerprint density at radius 3 is 2.52 bits per heavy atom. The van der Waals surface area contributed by atoms with Gasteiger partial charge < -0.3 is 10.6 Å². The number of amides is 1. The molecule has 140 valence electrons. The average Bonchev–Trinajstić information content (AvgIpc) is 2.59. The molecule has 2 atom stereocenters. The topological polar surface area (TPSA) is 78.5 Å². The molecule has 1 saturated heterocycles. The van der Waals surface area contributed by atoms with Gasteiger partial charge in [-0.2, -0.15) is 4.31 Å². The van der Waals surface area contributed by atoms with Gasteiger partial charge in [0.2, 0.25) is 15.9 Å². The highest BCUT2D eigenvalue weighted by atomic mass is 32.2. The molecule has 0 bridgehead atoms. The standard InChI is InChI=1S/C18H29N3O3S/c1-13(2)21(4)25(23,24)17-7-5-15(6-8-17)12-20-18(22)16-9-10-19-14(3)11-16/h5-8,13-14,16,19H,9-12H2,1-4H3,(H,20,22)/t14-,16-/m0/s1. The second-order valence-electron chi connectivity index (χ2n) is 7.05. The van der Waals surface area contributed by atoms with E-state index >= 15 is 0 Å². The number of hydrogen-bond donors (Lipinski definition) is 2. The number of piperidine rings is 1. The minimum Gasteiger partial charge on any atom is -0.352 e. The summed E-state index contributed by atoms with van der Waals surface area (Å²) >= 11 is 0. The lowest BCUT2D eigenvalue weighted by molar-refractivity contribution is -0.126. The summed E-state index contributed by atoms with van der Waals surface area (Å²) < 4.78 is 26.2. The first kappa shape index (κ1) is 19.9. The third-order valence-electron chi connectivity index (χ3n) is 4.79. The lowest BCUT2D eigenvalue weighted by Crippen LogP contribution is -2.42. The van der Waals surface area contributed by atoms with Crippen molar-refractivity contribution in [1.82, 2.24) is 14.9 Å². The molecule has 1 fully saturated rings. The van der Waals surface area contributed by atoms with Gasteiger partial charge in [-0.05, 0) is 57.9 Å². The van der Waals surface area contributed by atoms with Crippen molar-refractivity contribution in [2.75, 3.05) is 13.6 Å². The number of carbonyl (C=O) groups is 1. The SMILES string of the molecule is CC(C)N(C)S(=O)(=O)c1ccc(CNC(=O)[C@H]2CCN[C@@H](C)C2)cc1. The summed E-state index contributed by atoms with van der Waals surface area (Å²) in [7, 11) is -1.89. The minimum absolute atomic E-state index is 0.0515.